The Morgan fingerprint density at radius 1 is 1.50 bits per heavy atom. The maximum atomic E-state index is 11.0. The normalized spacial score (nSPS) is 21.5. The van der Waals surface area contributed by atoms with E-state index in [9.17, 15) is 10.1 Å². The topological polar surface area (TPSA) is 93.0 Å². The molecule has 2 unspecified atom stereocenters. The highest BCUT2D eigenvalue weighted by Crippen LogP contribution is 2.38. The second-order valence-corrected chi connectivity index (χ2v) is 4.69. The molecule has 7 nitrogen and oxygen atoms in total. The van der Waals surface area contributed by atoms with Crippen LogP contribution < -0.4 is 10.6 Å². The molecular formula is C11H17N5O2. The fourth-order valence-corrected chi connectivity index (χ4v) is 1.93. The predicted octanol–water partition coefficient (Wildman–Crippen LogP) is 1.80. The quantitative estimate of drug-likeness (QED) is 0.612. The monoisotopic (exact) mass is 251 g/mol. The maximum absolute atomic E-state index is 11.0. The van der Waals surface area contributed by atoms with Gasteiger partial charge in [0.2, 0.25) is 11.8 Å². The Morgan fingerprint density at radius 3 is 2.67 bits per heavy atom. The molecule has 1 aromatic rings. The summed E-state index contributed by atoms with van der Waals surface area (Å²) >= 11 is 0. The van der Waals surface area contributed by atoms with E-state index in [1.54, 1.807) is 14.0 Å². The highest BCUT2D eigenvalue weighted by molar-refractivity contribution is 5.60. The minimum Gasteiger partial charge on any atom is -0.364 e. The Labute approximate surface area is 105 Å². The first-order valence-electron chi connectivity index (χ1n) is 5.97. The SMILES string of the molecule is CNc1nc(C)c([N+](=O)[O-])c(NCC2CC2C)n1. The van der Waals surface area contributed by atoms with Gasteiger partial charge in [0, 0.05) is 13.6 Å². The van der Waals surface area contributed by atoms with Crippen molar-refractivity contribution < 1.29 is 4.92 Å². The summed E-state index contributed by atoms with van der Waals surface area (Å²) in [5.74, 6) is 1.99. The highest BCUT2D eigenvalue weighted by Gasteiger charge is 2.33. The molecule has 18 heavy (non-hydrogen) atoms. The molecule has 0 spiro atoms. The molecule has 1 heterocycles. The molecule has 1 fully saturated rings. The van der Waals surface area contributed by atoms with Crippen molar-refractivity contribution in [2.24, 2.45) is 11.8 Å². The van der Waals surface area contributed by atoms with E-state index in [-0.39, 0.29) is 5.69 Å². The van der Waals surface area contributed by atoms with Crippen LogP contribution in [0.3, 0.4) is 0 Å². The number of nitrogens with one attached hydrogen (secondary N) is 2. The average Bonchev–Trinajstić information content (AvgIpc) is 3.01. The lowest BCUT2D eigenvalue weighted by Crippen LogP contribution is -2.12. The van der Waals surface area contributed by atoms with E-state index in [4.69, 9.17) is 0 Å². The standard InChI is InChI=1S/C11H17N5O2/c1-6-4-8(6)5-13-10-9(16(17)18)7(2)14-11(12-3)15-10/h6,8H,4-5H2,1-3H3,(H2,12,13,14,15). The van der Waals surface area contributed by atoms with E-state index in [1.165, 1.54) is 6.42 Å². The van der Waals surface area contributed by atoms with Gasteiger partial charge in [-0.15, -0.1) is 0 Å². The molecule has 1 aromatic heterocycles. The molecule has 98 valence electrons. The maximum Gasteiger partial charge on any atom is 0.332 e. The number of hydrogen-bond donors (Lipinski definition) is 2. The van der Waals surface area contributed by atoms with Crippen LogP contribution in [0.25, 0.3) is 0 Å². The Balaban J connectivity index is 2.23. The summed E-state index contributed by atoms with van der Waals surface area (Å²) in [6.07, 6.45) is 1.17. The van der Waals surface area contributed by atoms with Gasteiger partial charge >= 0.3 is 5.69 Å². The summed E-state index contributed by atoms with van der Waals surface area (Å²) in [6.45, 7) is 4.51. The van der Waals surface area contributed by atoms with E-state index in [0.717, 1.165) is 6.54 Å². The molecular weight excluding hydrogens is 234 g/mol. The number of hydrogen-bond acceptors (Lipinski definition) is 6. The van der Waals surface area contributed by atoms with Crippen LogP contribution in [-0.4, -0.2) is 28.5 Å². The van der Waals surface area contributed by atoms with Gasteiger partial charge in [0.25, 0.3) is 0 Å². The van der Waals surface area contributed by atoms with E-state index in [2.05, 4.69) is 27.5 Å². The van der Waals surface area contributed by atoms with Crippen molar-refractivity contribution in [3.05, 3.63) is 15.8 Å². The molecule has 1 aliphatic rings. The minimum absolute atomic E-state index is 0.0395. The lowest BCUT2D eigenvalue weighted by atomic mass is 10.3. The van der Waals surface area contributed by atoms with Crippen molar-refractivity contribution in [2.45, 2.75) is 20.3 Å². The number of aryl methyl sites for hydroxylation is 1. The Kier molecular flexibility index (Phi) is 3.31. The van der Waals surface area contributed by atoms with Gasteiger partial charge in [-0.3, -0.25) is 10.1 Å². The summed E-state index contributed by atoms with van der Waals surface area (Å²) in [5, 5.41) is 16.9. The zero-order valence-corrected chi connectivity index (χ0v) is 10.7. The van der Waals surface area contributed by atoms with Crippen molar-refractivity contribution >= 4 is 17.5 Å². The van der Waals surface area contributed by atoms with Crippen LogP contribution in [0.5, 0.6) is 0 Å². The van der Waals surface area contributed by atoms with Crippen molar-refractivity contribution in [3.63, 3.8) is 0 Å². The van der Waals surface area contributed by atoms with E-state index in [0.29, 0.717) is 29.3 Å². The number of nitrogens with zero attached hydrogens (tertiary/aromatic N) is 3. The Bertz CT molecular complexity index is 477. The molecule has 0 bridgehead atoms. The molecule has 2 atom stereocenters. The fraction of sp³-hybridized carbons (Fsp3) is 0.636. The van der Waals surface area contributed by atoms with E-state index < -0.39 is 4.92 Å². The molecule has 1 saturated carbocycles. The highest BCUT2D eigenvalue weighted by atomic mass is 16.6. The summed E-state index contributed by atoms with van der Waals surface area (Å²) in [4.78, 5) is 18.7. The van der Waals surface area contributed by atoms with Crippen molar-refractivity contribution in [2.75, 3.05) is 24.2 Å². The molecule has 1 aliphatic carbocycles. The van der Waals surface area contributed by atoms with Gasteiger partial charge in [-0.05, 0) is 25.2 Å². The first-order chi connectivity index (χ1) is 8.52. The predicted molar refractivity (Wildman–Crippen MR) is 68.7 cm³/mol. The van der Waals surface area contributed by atoms with Crippen molar-refractivity contribution in [1.82, 2.24) is 9.97 Å². The van der Waals surface area contributed by atoms with Crippen LogP contribution >= 0.6 is 0 Å². The lowest BCUT2D eigenvalue weighted by molar-refractivity contribution is -0.385. The summed E-state index contributed by atoms with van der Waals surface area (Å²) < 4.78 is 0. The molecule has 0 saturated heterocycles. The lowest BCUT2D eigenvalue weighted by Gasteiger charge is -2.09. The van der Waals surface area contributed by atoms with Crippen LogP contribution in [-0.2, 0) is 0 Å². The molecule has 7 heteroatoms. The Morgan fingerprint density at radius 2 is 2.17 bits per heavy atom. The van der Waals surface area contributed by atoms with Crippen LogP contribution in [0.4, 0.5) is 17.5 Å². The summed E-state index contributed by atoms with van der Waals surface area (Å²) in [7, 11) is 1.69. The van der Waals surface area contributed by atoms with Crippen LogP contribution in [0.2, 0.25) is 0 Å². The summed E-state index contributed by atoms with van der Waals surface area (Å²) in [6, 6.07) is 0. The van der Waals surface area contributed by atoms with E-state index in [1.807, 2.05) is 0 Å². The number of anilines is 2. The number of rotatable bonds is 5. The first kappa shape index (κ1) is 12.5. The third-order valence-electron chi connectivity index (χ3n) is 3.27. The van der Waals surface area contributed by atoms with Gasteiger partial charge in [0.15, 0.2) is 0 Å². The minimum atomic E-state index is -0.437. The second kappa shape index (κ2) is 4.75. The van der Waals surface area contributed by atoms with Crippen LogP contribution in [0.1, 0.15) is 19.0 Å². The Hall–Kier alpha value is -1.92. The second-order valence-electron chi connectivity index (χ2n) is 4.69. The fourth-order valence-electron chi connectivity index (χ4n) is 1.93. The average molecular weight is 251 g/mol. The van der Waals surface area contributed by atoms with E-state index >= 15 is 0 Å². The molecule has 0 amide bonds. The molecule has 0 aromatic carbocycles. The largest absolute Gasteiger partial charge is 0.364 e. The van der Waals surface area contributed by atoms with Gasteiger partial charge < -0.3 is 10.6 Å². The van der Waals surface area contributed by atoms with Gasteiger partial charge in [-0.1, -0.05) is 6.92 Å². The van der Waals surface area contributed by atoms with Gasteiger partial charge in [-0.25, -0.2) is 4.98 Å². The smallest absolute Gasteiger partial charge is 0.332 e. The zero-order chi connectivity index (χ0) is 13.3. The third-order valence-corrected chi connectivity index (χ3v) is 3.27. The third kappa shape index (κ3) is 2.49. The summed E-state index contributed by atoms with van der Waals surface area (Å²) in [5.41, 5.74) is 0.327. The van der Waals surface area contributed by atoms with Gasteiger partial charge in [0.1, 0.15) is 5.69 Å². The number of nitro groups is 1. The molecule has 0 radical (unpaired) electrons. The zero-order valence-electron chi connectivity index (χ0n) is 10.7. The molecule has 2 rings (SSSR count). The van der Waals surface area contributed by atoms with Gasteiger partial charge in [-0.2, -0.15) is 4.98 Å². The molecule has 2 N–H and O–H groups in total. The molecule has 0 aliphatic heterocycles. The van der Waals surface area contributed by atoms with Crippen molar-refractivity contribution in [1.29, 1.82) is 0 Å². The number of aromatic nitrogens is 2. The van der Waals surface area contributed by atoms with Gasteiger partial charge in [0.05, 0.1) is 4.92 Å². The van der Waals surface area contributed by atoms with Crippen molar-refractivity contribution in [3.8, 4) is 0 Å². The van der Waals surface area contributed by atoms with Crippen LogP contribution in [0, 0.1) is 28.9 Å². The van der Waals surface area contributed by atoms with Crippen LogP contribution in [0.15, 0.2) is 0 Å². The first-order valence-corrected chi connectivity index (χ1v) is 5.97.